The second kappa shape index (κ2) is 12.5. The largest absolute Gasteiger partial charge is 0.307 e. The number of para-hydroxylation sites is 4. The van der Waals surface area contributed by atoms with Crippen molar-refractivity contribution in [2.24, 2.45) is 0 Å². The highest BCUT2D eigenvalue weighted by atomic mass is 35.5. The highest BCUT2D eigenvalue weighted by Gasteiger charge is 2.19. The van der Waals surface area contributed by atoms with E-state index < -0.39 is 0 Å². The maximum atomic E-state index is 6.64. The van der Waals surface area contributed by atoms with Gasteiger partial charge in [0.05, 0.1) is 42.8 Å². The number of benzene rings is 6. The molecule has 0 saturated heterocycles. The molecule has 0 aliphatic rings. The van der Waals surface area contributed by atoms with Crippen LogP contribution in [0.5, 0.6) is 0 Å². The molecule has 0 aliphatic carbocycles. The van der Waals surface area contributed by atoms with Crippen molar-refractivity contribution < 1.29 is 0 Å². The van der Waals surface area contributed by atoms with Crippen molar-refractivity contribution in [1.29, 1.82) is 0 Å². The minimum absolute atomic E-state index is 0.638. The van der Waals surface area contributed by atoms with Crippen LogP contribution in [0.25, 0.3) is 11.1 Å². The lowest BCUT2D eigenvalue weighted by molar-refractivity contribution is 1.28. The predicted molar refractivity (Wildman–Crippen MR) is 181 cm³/mol. The zero-order valence-corrected chi connectivity index (χ0v) is 25.3. The second-order valence-corrected chi connectivity index (χ2v) is 11.2. The highest BCUT2D eigenvalue weighted by Crippen LogP contribution is 2.44. The molecular formula is C36H24Cl4N2. The molecule has 0 aromatic heterocycles. The minimum atomic E-state index is 0.638. The Morgan fingerprint density at radius 3 is 0.762 bits per heavy atom. The molecular weight excluding hydrogens is 602 g/mol. The van der Waals surface area contributed by atoms with Crippen molar-refractivity contribution in [1.82, 2.24) is 0 Å². The van der Waals surface area contributed by atoms with E-state index in [2.05, 4.69) is 58.3 Å². The van der Waals surface area contributed by atoms with Crippen LogP contribution in [-0.2, 0) is 0 Å². The molecule has 0 unspecified atom stereocenters. The summed E-state index contributed by atoms with van der Waals surface area (Å²) in [5, 5.41) is 2.55. The number of rotatable bonds is 7. The molecule has 0 saturated carbocycles. The van der Waals surface area contributed by atoms with Crippen molar-refractivity contribution in [2.45, 2.75) is 0 Å². The summed E-state index contributed by atoms with van der Waals surface area (Å²) < 4.78 is 0. The fourth-order valence-corrected chi connectivity index (χ4v) is 5.84. The monoisotopic (exact) mass is 624 g/mol. The van der Waals surface area contributed by atoms with Gasteiger partial charge < -0.3 is 9.80 Å². The molecule has 6 heteroatoms. The van der Waals surface area contributed by atoms with Gasteiger partial charge in [-0.05, 0) is 83.9 Å². The quantitative estimate of drug-likeness (QED) is 0.174. The smallest absolute Gasteiger partial charge is 0.0648 e. The Kier molecular flexibility index (Phi) is 8.41. The second-order valence-electron chi connectivity index (χ2n) is 9.57. The van der Waals surface area contributed by atoms with Crippen LogP contribution < -0.4 is 9.80 Å². The summed E-state index contributed by atoms with van der Waals surface area (Å²) in [6.07, 6.45) is 0. The van der Waals surface area contributed by atoms with Gasteiger partial charge >= 0.3 is 0 Å². The molecule has 0 fully saturated rings. The van der Waals surface area contributed by atoms with Crippen LogP contribution in [0.4, 0.5) is 34.1 Å². The van der Waals surface area contributed by atoms with Gasteiger partial charge in [-0.25, -0.2) is 0 Å². The molecule has 0 radical (unpaired) electrons. The summed E-state index contributed by atoms with van der Waals surface area (Å²) in [6, 6.07) is 47.7. The maximum Gasteiger partial charge on any atom is 0.0648 e. The molecule has 0 heterocycles. The average molecular weight is 626 g/mol. The normalized spacial score (nSPS) is 10.9. The van der Waals surface area contributed by atoms with Gasteiger partial charge in [0.25, 0.3) is 0 Å². The first-order chi connectivity index (χ1) is 20.5. The van der Waals surface area contributed by atoms with Gasteiger partial charge in [-0.3, -0.25) is 0 Å². The lowest BCUT2D eigenvalue weighted by Gasteiger charge is -2.27. The Labute approximate surface area is 265 Å². The molecule has 6 aromatic carbocycles. The lowest BCUT2D eigenvalue weighted by Crippen LogP contribution is -2.11. The van der Waals surface area contributed by atoms with Crippen LogP contribution in [0, 0.1) is 0 Å². The van der Waals surface area contributed by atoms with E-state index in [-0.39, 0.29) is 0 Å². The summed E-state index contributed by atoms with van der Waals surface area (Å²) in [4.78, 5) is 4.14. The van der Waals surface area contributed by atoms with Gasteiger partial charge in [0.2, 0.25) is 0 Å². The SMILES string of the molecule is Clc1ccccc1N(c1ccc(-c2ccc(N(c3ccccc3Cl)c3ccccc3Cl)cc2)cc1)c1ccccc1Cl. The van der Waals surface area contributed by atoms with Gasteiger partial charge in [0, 0.05) is 11.4 Å². The Morgan fingerprint density at radius 2 is 0.524 bits per heavy atom. The Balaban J connectivity index is 1.36. The van der Waals surface area contributed by atoms with E-state index in [0.29, 0.717) is 20.1 Å². The highest BCUT2D eigenvalue weighted by molar-refractivity contribution is 6.36. The van der Waals surface area contributed by atoms with Crippen molar-refractivity contribution in [3.8, 4) is 11.1 Å². The van der Waals surface area contributed by atoms with Gasteiger partial charge in [-0.15, -0.1) is 0 Å². The van der Waals surface area contributed by atoms with Gasteiger partial charge in [0.1, 0.15) is 0 Å². The average Bonchev–Trinajstić information content (AvgIpc) is 3.02. The van der Waals surface area contributed by atoms with Crippen LogP contribution in [0.1, 0.15) is 0 Å². The number of anilines is 6. The Hall–Kier alpha value is -3.92. The van der Waals surface area contributed by atoms with Crippen LogP contribution in [-0.4, -0.2) is 0 Å². The molecule has 6 aromatic rings. The summed E-state index contributed by atoms with van der Waals surface area (Å²) in [5.74, 6) is 0. The fraction of sp³-hybridized carbons (Fsp3) is 0. The van der Waals surface area contributed by atoms with Crippen molar-refractivity contribution in [2.75, 3.05) is 9.80 Å². The lowest BCUT2D eigenvalue weighted by atomic mass is 10.0. The van der Waals surface area contributed by atoms with Crippen molar-refractivity contribution in [3.63, 3.8) is 0 Å². The number of hydrogen-bond donors (Lipinski definition) is 0. The van der Waals surface area contributed by atoms with E-state index in [9.17, 15) is 0 Å². The van der Waals surface area contributed by atoms with Crippen molar-refractivity contribution in [3.05, 3.63) is 166 Å². The molecule has 2 nitrogen and oxygen atoms in total. The molecule has 0 N–H and O–H groups in total. The van der Waals surface area contributed by atoms with Crippen molar-refractivity contribution >= 4 is 80.5 Å². The third kappa shape index (κ3) is 5.72. The summed E-state index contributed by atoms with van der Waals surface area (Å²) in [7, 11) is 0. The van der Waals surface area contributed by atoms with E-state index in [0.717, 1.165) is 45.3 Å². The Bertz CT molecular complexity index is 1610. The third-order valence-electron chi connectivity index (χ3n) is 6.96. The molecule has 206 valence electrons. The first-order valence-electron chi connectivity index (χ1n) is 13.3. The summed E-state index contributed by atoms with van der Waals surface area (Å²) in [5.41, 5.74) is 7.44. The first kappa shape index (κ1) is 28.2. The predicted octanol–water partition coefficient (Wildman–Crippen LogP) is 12.9. The number of nitrogens with zero attached hydrogens (tertiary/aromatic N) is 2. The third-order valence-corrected chi connectivity index (χ3v) is 8.24. The fourth-order valence-electron chi connectivity index (χ4n) is 4.95. The molecule has 0 aliphatic heterocycles. The number of hydrogen-bond acceptors (Lipinski definition) is 2. The molecule has 0 spiro atoms. The minimum Gasteiger partial charge on any atom is -0.307 e. The van der Waals surface area contributed by atoms with Crippen LogP contribution in [0.2, 0.25) is 20.1 Å². The summed E-state index contributed by atoms with van der Waals surface area (Å²) >= 11 is 26.6. The van der Waals surface area contributed by atoms with Crippen LogP contribution >= 0.6 is 46.4 Å². The topological polar surface area (TPSA) is 6.48 Å². The van der Waals surface area contributed by atoms with E-state index in [4.69, 9.17) is 46.4 Å². The van der Waals surface area contributed by atoms with Crippen LogP contribution in [0.3, 0.4) is 0 Å². The van der Waals surface area contributed by atoms with E-state index in [1.165, 1.54) is 0 Å². The zero-order chi connectivity index (χ0) is 29.1. The van der Waals surface area contributed by atoms with Gasteiger partial charge in [0.15, 0.2) is 0 Å². The molecule has 42 heavy (non-hydrogen) atoms. The van der Waals surface area contributed by atoms with E-state index >= 15 is 0 Å². The molecule has 0 atom stereocenters. The molecule has 0 amide bonds. The van der Waals surface area contributed by atoms with E-state index in [1.807, 2.05) is 97.1 Å². The Morgan fingerprint density at radius 1 is 0.286 bits per heavy atom. The zero-order valence-electron chi connectivity index (χ0n) is 22.3. The molecule has 6 rings (SSSR count). The number of halogens is 4. The summed E-state index contributed by atoms with van der Waals surface area (Å²) in [6.45, 7) is 0. The van der Waals surface area contributed by atoms with Gasteiger partial charge in [-0.1, -0.05) is 119 Å². The van der Waals surface area contributed by atoms with Gasteiger partial charge in [-0.2, -0.15) is 0 Å². The standard InChI is InChI=1S/C36H24Cl4N2/c37-29-9-1-5-13-33(29)41(34-14-6-2-10-30(34)38)27-21-17-25(18-22-27)26-19-23-28(24-20-26)42(35-15-7-3-11-31(35)39)36-16-8-4-12-32(36)40/h1-24H. The van der Waals surface area contributed by atoms with Crippen LogP contribution in [0.15, 0.2) is 146 Å². The maximum absolute atomic E-state index is 6.64. The first-order valence-corrected chi connectivity index (χ1v) is 14.8. The van der Waals surface area contributed by atoms with E-state index in [1.54, 1.807) is 0 Å². The molecule has 0 bridgehead atoms.